The van der Waals surface area contributed by atoms with Crippen LogP contribution in [0.4, 0.5) is 0 Å². The third kappa shape index (κ3) is 24.0. The summed E-state index contributed by atoms with van der Waals surface area (Å²) >= 11 is 0. The molecule has 1 N–H and O–H groups in total. The van der Waals surface area contributed by atoms with Gasteiger partial charge in [0.25, 0.3) is 8.32 Å². The molecule has 0 amide bonds. The van der Waals surface area contributed by atoms with E-state index in [2.05, 4.69) is 89.2 Å². The van der Waals surface area contributed by atoms with Crippen LogP contribution >= 0.6 is 0 Å². The molecule has 0 radical (unpaired) electrons. The number of hydrogen-bond donors (Lipinski definition) is 1. The van der Waals surface area contributed by atoms with Crippen LogP contribution in [0.2, 0.25) is 5.04 Å². The number of carbonyl (C=O) groups is 4. The van der Waals surface area contributed by atoms with E-state index in [1.807, 2.05) is 85.9 Å². The van der Waals surface area contributed by atoms with Gasteiger partial charge in [0, 0.05) is 32.5 Å². The zero-order chi connectivity index (χ0) is 69.2. The van der Waals surface area contributed by atoms with E-state index in [9.17, 15) is 24.3 Å². The molecule has 0 saturated carbocycles. The molecule has 16 nitrogen and oxygen atoms in total. The Kier molecular flexibility index (Phi) is 33.0. The van der Waals surface area contributed by atoms with Gasteiger partial charge in [0.15, 0.2) is 13.6 Å². The summed E-state index contributed by atoms with van der Waals surface area (Å²) in [5.74, 6) is -0.155. The fraction of sp³-hybridized carbons (Fsp3) is 0.385. The van der Waals surface area contributed by atoms with Crippen molar-refractivity contribution in [2.45, 2.75) is 130 Å². The van der Waals surface area contributed by atoms with Crippen molar-refractivity contribution in [3.63, 3.8) is 0 Å². The Bertz CT molecular complexity index is 3360. The second-order valence-electron chi connectivity index (χ2n) is 23.9. The first-order valence-electron chi connectivity index (χ1n) is 32.4. The first-order chi connectivity index (χ1) is 45.7. The van der Waals surface area contributed by atoms with E-state index in [1.54, 1.807) is 88.5 Å². The summed E-state index contributed by atoms with van der Waals surface area (Å²) in [6.07, 6.45) is 17.6. The molecule has 0 heterocycles. The molecule has 2 unspecified atom stereocenters. The van der Waals surface area contributed by atoms with Crippen LogP contribution in [0.5, 0.6) is 23.0 Å². The zero-order valence-corrected chi connectivity index (χ0v) is 58.6. The molecule has 95 heavy (non-hydrogen) atoms. The van der Waals surface area contributed by atoms with Gasteiger partial charge in [-0.2, -0.15) is 0 Å². The van der Waals surface area contributed by atoms with E-state index in [0.29, 0.717) is 89.3 Å². The van der Waals surface area contributed by atoms with Crippen LogP contribution in [-0.4, -0.2) is 117 Å². The molecule has 6 rings (SSSR count). The molecule has 0 aliphatic carbocycles. The molecule has 6 aromatic carbocycles. The van der Waals surface area contributed by atoms with Crippen molar-refractivity contribution < 1.29 is 76.1 Å². The van der Waals surface area contributed by atoms with Crippen LogP contribution in [0.3, 0.4) is 0 Å². The topological polar surface area (TPSA) is 190 Å². The quantitative estimate of drug-likeness (QED) is 0.0128. The van der Waals surface area contributed by atoms with Gasteiger partial charge in [0.05, 0.1) is 44.7 Å². The molecular formula is C78H98O16Si. The Morgan fingerprint density at radius 3 is 1.23 bits per heavy atom. The minimum atomic E-state index is -2.74. The number of aliphatic hydroxyl groups is 1. The van der Waals surface area contributed by atoms with E-state index in [0.717, 1.165) is 0 Å². The van der Waals surface area contributed by atoms with Crippen LogP contribution in [0.25, 0.3) is 12.2 Å². The lowest BCUT2D eigenvalue weighted by Gasteiger charge is -2.44. The molecule has 0 aromatic heterocycles. The van der Waals surface area contributed by atoms with Gasteiger partial charge in [-0.3, -0.25) is 0 Å². The van der Waals surface area contributed by atoms with Gasteiger partial charge >= 0.3 is 23.9 Å². The smallest absolute Gasteiger partial charge is 0.342 e. The molecule has 0 aliphatic rings. The molecular weight excluding hydrogens is 1220 g/mol. The van der Waals surface area contributed by atoms with Crippen molar-refractivity contribution in [1.29, 1.82) is 0 Å². The molecule has 0 bridgehead atoms. The highest BCUT2D eigenvalue weighted by molar-refractivity contribution is 6.99. The van der Waals surface area contributed by atoms with Gasteiger partial charge in [-0.05, 0) is 153 Å². The first kappa shape index (κ1) is 77.1. The minimum Gasteiger partial charge on any atom is -0.497 e. The van der Waals surface area contributed by atoms with Gasteiger partial charge in [-0.25, -0.2) is 19.2 Å². The van der Waals surface area contributed by atoms with E-state index in [4.69, 9.17) is 51.8 Å². The van der Waals surface area contributed by atoms with Gasteiger partial charge in [0.2, 0.25) is 0 Å². The van der Waals surface area contributed by atoms with Crippen LogP contribution in [0.15, 0.2) is 182 Å². The van der Waals surface area contributed by atoms with Gasteiger partial charge in [0.1, 0.15) is 46.3 Å². The number of allylic oxidation sites excluding steroid dienone is 2. The Balaban J connectivity index is 0.000000367. The second-order valence-corrected chi connectivity index (χ2v) is 28.1. The maximum Gasteiger partial charge on any atom is 0.342 e. The number of rotatable bonds is 36. The van der Waals surface area contributed by atoms with E-state index < -0.39 is 44.5 Å². The lowest BCUT2D eigenvalue weighted by atomic mass is 9.97. The van der Waals surface area contributed by atoms with Crippen molar-refractivity contribution in [2.75, 3.05) is 55.2 Å². The number of carbonyl (C=O) groups excluding carboxylic acids is 4. The van der Waals surface area contributed by atoms with Crippen molar-refractivity contribution >= 4 is 54.7 Å². The molecule has 0 aliphatic heterocycles. The summed E-state index contributed by atoms with van der Waals surface area (Å²) in [5.41, 5.74) is 2.75. The van der Waals surface area contributed by atoms with E-state index >= 15 is 0 Å². The average molecular weight is 1320 g/mol. The summed E-state index contributed by atoms with van der Waals surface area (Å²) in [6, 6.07) is 45.9. The van der Waals surface area contributed by atoms with Gasteiger partial charge in [-0.15, -0.1) is 0 Å². The number of ether oxygens (including phenoxy) is 10. The largest absolute Gasteiger partial charge is 0.497 e. The number of methoxy groups -OCH3 is 4. The summed E-state index contributed by atoms with van der Waals surface area (Å²) in [6.45, 7) is 18.6. The number of esters is 4. The zero-order valence-electron chi connectivity index (χ0n) is 57.6. The van der Waals surface area contributed by atoms with Crippen LogP contribution < -0.4 is 29.3 Å². The molecule has 0 spiro atoms. The Hall–Kier alpha value is -8.58. The van der Waals surface area contributed by atoms with Crippen LogP contribution in [0, 0.1) is 11.8 Å². The van der Waals surface area contributed by atoms with Gasteiger partial charge in [-0.1, -0.05) is 168 Å². The van der Waals surface area contributed by atoms with Crippen LogP contribution in [-0.2, 0) is 32.8 Å². The van der Waals surface area contributed by atoms with E-state index in [1.165, 1.54) is 31.7 Å². The maximum atomic E-state index is 13.3. The standard InChI is InChI=1S/C47H58O8Si.C31H40O8/c1-9-52-46(49)44-38(32-39(51-8)33-43(44)53-34-50-7)26-20-19-22-35(2)42(54-45(48)37-24-13-10-14-25-37)31-21-23-36(3)55-56(47(4,5)6,40-27-15-11-16-28-40)41-29-17-12-18-30-41;1-6-37-31(34)29-25(19-26(36-5)20-28(29)38-21-35-4)17-11-10-13-22(2)27(18-12-14-23(3)32)39-30(33)24-15-8-7-9-16-24/h10-18,20-21,24-33,35-36,42H,9,19,22-23,34H2,1-8H3;7-9,11-12,15-20,22-23,27,32H,6,10,13-14,21H2,1-5H3/b26-20+,31-21-;17-11+,18-12-/t35-,36+,42?;22-,23-,27?/m00/s1. The fourth-order valence-corrected chi connectivity index (χ4v) is 15.3. The number of hydrogen-bond acceptors (Lipinski definition) is 16. The highest BCUT2D eigenvalue weighted by Gasteiger charge is 2.51. The minimum absolute atomic E-state index is 0.0111. The Labute approximate surface area is 563 Å². The normalized spacial score (nSPS) is 13.7. The molecule has 17 heteroatoms. The van der Waals surface area contributed by atoms with Gasteiger partial charge < -0.3 is 56.9 Å². The third-order valence-corrected chi connectivity index (χ3v) is 20.7. The molecule has 6 atom stereocenters. The van der Waals surface area contributed by atoms with E-state index in [-0.39, 0.29) is 61.3 Å². The first-order valence-corrected chi connectivity index (χ1v) is 34.3. The highest BCUT2D eigenvalue weighted by Crippen LogP contribution is 2.39. The predicted octanol–water partition coefficient (Wildman–Crippen LogP) is 15.3. The SMILES string of the molecule is CCOC(=O)c1c(/C=C/CC[C@H](C)C(/C=C\C[C@@H](C)O[Si](c2ccccc2)(c2ccccc2)C(C)(C)C)OC(=O)c2ccccc2)cc(OC)cc1OCOC.CCOC(=O)c1c(/C=C/CC[C@H](C)C(/C=C\C[C@H](C)O)OC(=O)c2ccccc2)cc(OC)cc1OCOC. The monoisotopic (exact) mass is 1320 g/mol. The molecule has 6 aromatic rings. The van der Waals surface area contributed by atoms with Crippen molar-refractivity contribution in [2.24, 2.45) is 11.8 Å². The summed E-state index contributed by atoms with van der Waals surface area (Å²) in [5, 5.41) is 11.9. The summed E-state index contributed by atoms with van der Waals surface area (Å²) in [7, 11) is 3.36. The molecule has 0 fully saturated rings. The summed E-state index contributed by atoms with van der Waals surface area (Å²) < 4.78 is 62.2. The third-order valence-electron chi connectivity index (χ3n) is 15.5. The molecule has 510 valence electrons. The number of aliphatic hydroxyl groups excluding tert-OH is 1. The van der Waals surface area contributed by atoms with Crippen LogP contribution in [0.1, 0.15) is 153 Å². The van der Waals surface area contributed by atoms with Crippen molar-refractivity contribution in [3.05, 3.63) is 215 Å². The fourth-order valence-electron chi connectivity index (χ4n) is 10.6. The lowest BCUT2D eigenvalue weighted by molar-refractivity contribution is 0.0275. The Morgan fingerprint density at radius 2 is 0.884 bits per heavy atom. The lowest BCUT2D eigenvalue weighted by Crippen LogP contribution is -2.67. The predicted molar refractivity (Wildman–Crippen MR) is 376 cm³/mol. The second kappa shape index (κ2) is 40.6. The number of benzene rings is 6. The van der Waals surface area contributed by atoms with Crippen molar-refractivity contribution in [3.8, 4) is 23.0 Å². The Morgan fingerprint density at radius 1 is 0.505 bits per heavy atom. The summed E-state index contributed by atoms with van der Waals surface area (Å²) in [4.78, 5) is 51.8. The maximum absolute atomic E-state index is 13.3. The molecule has 0 saturated heterocycles. The highest BCUT2D eigenvalue weighted by atomic mass is 28.4. The van der Waals surface area contributed by atoms with Crippen molar-refractivity contribution in [1.82, 2.24) is 0 Å². The average Bonchev–Trinajstić information content (AvgIpc) is 0.752.